The number of rotatable bonds is 3. The van der Waals surface area contributed by atoms with E-state index in [1.54, 1.807) is 6.07 Å². The molecule has 1 aliphatic rings. The quantitative estimate of drug-likeness (QED) is 0.874. The highest BCUT2D eigenvalue weighted by molar-refractivity contribution is 5.97. The minimum Gasteiger partial charge on any atom is -0.399 e. The fourth-order valence-corrected chi connectivity index (χ4v) is 2.78. The number of nitrogen functional groups attached to an aromatic ring is 1. The predicted molar refractivity (Wildman–Crippen MR) is 81.9 cm³/mol. The highest BCUT2D eigenvalue weighted by atomic mass is 16.2. The Bertz CT molecular complexity index is 690. The van der Waals surface area contributed by atoms with Crippen LogP contribution in [0.15, 0.2) is 24.3 Å². The van der Waals surface area contributed by atoms with Gasteiger partial charge in [-0.2, -0.15) is 5.10 Å². The molecule has 2 heterocycles. The molecule has 21 heavy (non-hydrogen) atoms. The highest BCUT2D eigenvalue weighted by Gasteiger charge is 2.25. The van der Waals surface area contributed by atoms with Crippen molar-refractivity contribution in [1.82, 2.24) is 14.7 Å². The van der Waals surface area contributed by atoms with Crippen LogP contribution < -0.4 is 5.73 Å². The zero-order valence-corrected chi connectivity index (χ0v) is 12.5. The van der Waals surface area contributed by atoms with Gasteiger partial charge in [0.15, 0.2) is 0 Å². The Balaban J connectivity index is 1.84. The molecule has 0 saturated carbocycles. The van der Waals surface area contributed by atoms with Gasteiger partial charge >= 0.3 is 0 Å². The Kier molecular flexibility index (Phi) is 3.41. The number of carbonyl (C=O) groups excluding carboxylic acids is 1. The molecule has 1 aliphatic heterocycles. The van der Waals surface area contributed by atoms with Crippen LogP contribution in [0.3, 0.4) is 0 Å². The maximum atomic E-state index is 12.6. The zero-order chi connectivity index (χ0) is 15.0. The number of carbonyl (C=O) groups is 1. The lowest BCUT2D eigenvalue weighted by Gasteiger charge is -2.28. The van der Waals surface area contributed by atoms with Crippen LogP contribution in [0.1, 0.15) is 34.2 Å². The zero-order valence-electron chi connectivity index (χ0n) is 12.5. The van der Waals surface area contributed by atoms with E-state index in [9.17, 15) is 4.79 Å². The Labute approximate surface area is 124 Å². The molecule has 0 saturated heterocycles. The molecule has 0 aliphatic carbocycles. The predicted octanol–water partition coefficient (Wildman–Crippen LogP) is 1.76. The molecule has 1 aromatic carbocycles. The first-order valence-corrected chi connectivity index (χ1v) is 7.28. The second-order valence-electron chi connectivity index (χ2n) is 5.50. The molecule has 110 valence electrons. The third kappa shape index (κ3) is 2.51. The lowest BCUT2D eigenvalue weighted by atomic mass is 9.98. The SMILES string of the molecule is CCc1cc(CN2CCc3ccc(N)cc3C2=O)n(C)n1. The first kappa shape index (κ1) is 13.7. The summed E-state index contributed by atoms with van der Waals surface area (Å²) < 4.78 is 1.86. The van der Waals surface area contributed by atoms with Crippen molar-refractivity contribution in [2.75, 3.05) is 12.3 Å². The summed E-state index contributed by atoms with van der Waals surface area (Å²) in [5, 5.41) is 4.44. The molecule has 2 aromatic rings. The average Bonchev–Trinajstić information content (AvgIpc) is 2.83. The van der Waals surface area contributed by atoms with Crippen molar-refractivity contribution in [3.8, 4) is 0 Å². The van der Waals surface area contributed by atoms with Gasteiger partial charge in [-0.15, -0.1) is 0 Å². The van der Waals surface area contributed by atoms with E-state index >= 15 is 0 Å². The summed E-state index contributed by atoms with van der Waals surface area (Å²) >= 11 is 0. The summed E-state index contributed by atoms with van der Waals surface area (Å²) in [6.45, 7) is 3.41. The summed E-state index contributed by atoms with van der Waals surface area (Å²) in [4.78, 5) is 14.5. The molecule has 0 fully saturated rings. The van der Waals surface area contributed by atoms with Crippen molar-refractivity contribution in [2.24, 2.45) is 7.05 Å². The van der Waals surface area contributed by atoms with Gasteiger partial charge in [-0.1, -0.05) is 13.0 Å². The van der Waals surface area contributed by atoms with Gasteiger partial charge < -0.3 is 10.6 Å². The molecule has 0 unspecified atom stereocenters. The standard InChI is InChI=1S/C16H20N4O/c1-3-13-9-14(19(2)18-13)10-20-7-6-11-4-5-12(17)8-15(11)16(20)21/h4-5,8-9H,3,6-7,10,17H2,1-2H3. The number of nitrogens with two attached hydrogens (primary N) is 1. The van der Waals surface area contributed by atoms with Gasteiger partial charge in [0.2, 0.25) is 0 Å². The van der Waals surface area contributed by atoms with Crippen LogP contribution >= 0.6 is 0 Å². The summed E-state index contributed by atoms with van der Waals surface area (Å²) in [6.07, 6.45) is 1.78. The van der Waals surface area contributed by atoms with Crippen LogP contribution in [-0.4, -0.2) is 27.1 Å². The third-order valence-electron chi connectivity index (χ3n) is 4.05. The number of nitrogens with zero attached hydrogens (tertiary/aromatic N) is 3. The Hall–Kier alpha value is -2.30. The average molecular weight is 284 g/mol. The number of aromatic nitrogens is 2. The molecule has 1 aromatic heterocycles. The van der Waals surface area contributed by atoms with Crippen molar-refractivity contribution < 1.29 is 4.79 Å². The van der Waals surface area contributed by atoms with Crippen LogP contribution in [0.4, 0.5) is 5.69 Å². The van der Waals surface area contributed by atoms with Crippen LogP contribution in [0.5, 0.6) is 0 Å². The maximum Gasteiger partial charge on any atom is 0.254 e. The van der Waals surface area contributed by atoms with E-state index in [0.29, 0.717) is 12.2 Å². The van der Waals surface area contributed by atoms with Gasteiger partial charge in [0.1, 0.15) is 0 Å². The number of benzene rings is 1. The normalized spacial score (nSPS) is 14.4. The van der Waals surface area contributed by atoms with E-state index in [2.05, 4.69) is 18.1 Å². The molecule has 1 amide bonds. The second kappa shape index (κ2) is 5.24. The minimum absolute atomic E-state index is 0.0581. The fraction of sp³-hybridized carbons (Fsp3) is 0.375. The summed E-state index contributed by atoms with van der Waals surface area (Å²) in [5.41, 5.74) is 10.4. The summed E-state index contributed by atoms with van der Waals surface area (Å²) in [5.74, 6) is 0.0581. The molecule has 0 spiro atoms. The van der Waals surface area contributed by atoms with E-state index in [0.717, 1.165) is 41.9 Å². The largest absolute Gasteiger partial charge is 0.399 e. The van der Waals surface area contributed by atoms with E-state index < -0.39 is 0 Å². The molecule has 0 bridgehead atoms. The molecular weight excluding hydrogens is 264 g/mol. The van der Waals surface area contributed by atoms with Gasteiger partial charge in [-0.05, 0) is 36.6 Å². The van der Waals surface area contributed by atoms with Crippen molar-refractivity contribution >= 4 is 11.6 Å². The van der Waals surface area contributed by atoms with Crippen molar-refractivity contribution in [3.63, 3.8) is 0 Å². The number of amides is 1. The number of anilines is 1. The van der Waals surface area contributed by atoms with Gasteiger partial charge in [0, 0.05) is 24.8 Å². The molecule has 5 nitrogen and oxygen atoms in total. The van der Waals surface area contributed by atoms with E-state index in [1.807, 2.05) is 28.8 Å². The second-order valence-corrected chi connectivity index (χ2v) is 5.50. The van der Waals surface area contributed by atoms with Crippen molar-refractivity contribution in [1.29, 1.82) is 0 Å². The number of hydrogen-bond donors (Lipinski definition) is 1. The smallest absolute Gasteiger partial charge is 0.254 e. The molecule has 0 radical (unpaired) electrons. The van der Waals surface area contributed by atoms with Gasteiger partial charge in [0.05, 0.1) is 17.9 Å². The minimum atomic E-state index is 0.0581. The summed E-state index contributed by atoms with van der Waals surface area (Å²) in [7, 11) is 1.93. The number of fused-ring (bicyclic) bond motifs is 1. The summed E-state index contributed by atoms with van der Waals surface area (Å²) in [6, 6.07) is 7.67. The Morgan fingerprint density at radius 3 is 2.86 bits per heavy atom. The first-order chi connectivity index (χ1) is 10.1. The molecule has 0 atom stereocenters. The Morgan fingerprint density at radius 2 is 2.14 bits per heavy atom. The monoisotopic (exact) mass is 284 g/mol. The molecule has 3 rings (SSSR count). The van der Waals surface area contributed by atoms with Gasteiger partial charge in [0.25, 0.3) is 5.91 Å². The topological polar surface area (TPSA) is 64.2 Å². The van der Waals surface area contributed by atoms with E-state index in [4.69, 9.17) is 5.73 Å². The fourth-order valence-electron chi connectivity index (χ4n) is 2.78. The van der Waals surface area contributed by atoms with Crippen molar-refractivity contribution in [2.45, 2.75) is 26.3 Å². The Morgan fingerprint density at radius 1 is 1.33 bits per heavy atom. The van der Waals surface area contributed by atoms with E-state index in [-0.39, 0.29) is 5.91 Å². The van der Waals surface area contributed by atoms with Gasteiger partial charge in [-0.3, -0.25) is 9.48 Å². The first-order valence-electron chi connectivity index (χ1n) is 7.28. The molecule has 2 N–H and O–H groups in total. The molecule has 5 heteroatoms. The van der Waals surface area contributed by atoms with Crippen LogP contribution in [0, 0.1) is 0 Å². The lowest BCUT2D eigenvalue weighted by molar-refractivity contribution is 0.0723. The molecular formula is C16H20N4O. The third-order valence-corrected chi connectivity index (χ3v) is 4.05. The maximum absolute atomic E-state index is 12.6. The van der Waals surface area contributed by atoms with Crippen molar-refractivity contribution in [3.05, 3.63) is 46.8 Å². The van der Waals surface area contributed by atoms with Crippen LogP contribution in [-0.2, 0) is 26.4 Å². The van der Waals surface area contributed by atoms with E-state index in [1.165, 1.54) is 0 Å². The highest BCUT2D eigenvalue weighted by Crippen LogP contribution is 2.22. The number of aryl methyl sites for hydroxylation is 2. The van der Waals surface area contributed by atoms with Crippen LogP contribution in [0.2, 0.25) is 0 Å². The lowest BCUT2D eigenvalue weighted by Crippen LogP contribution is -2.37. The van der Waals surface area contributed by atoms with Gasteiger partial charge in [-0.25, -0.2) is 0 Å². The number of hydrogen-bond acceptors (Lipinski definition) is 3. The van der Waals surface area contributed by atoms with Crippen LogP contribution in [0.25, 0.3) is 0 Å².